The van der Waals surface area contributed by atoms with Crippen LogP contribution >= 0.6 is 0 Å². The fourth-order valence-corrected chi connectivity index (χ4v) is 0.611. The third-order valence-electron chi connectivity index (χ3n) is 0.862. The van der Waals surface area contributed by atoms with E-state index in [0.717, 1.165) is 11.1 Å². The molecule has 0 atom stereocenters. The molecule has 0 fully saturated rings. The molecule has 80 valence electrons. The molecular formula is C12H20O2. The second kappa shape index (κ2) is 8.42. The highest BCUT2D eigenvalue weighted by Gasteiger charge is 1.89. The van der Waals surface area contributed by atoms with Crippen molar-refractivity contribution in [2.24, 2.45) is 0 Å². The molecule has 0 spiro atoms. The van der Waals surface area contributed by atoms with Gasteiger partial charge in [0.1, 0.15) is 5.78 Å². The SMILES string of the molecule is CC(C)=CC(=O)C=C(C)C.CC(C)=O. The average molecular weight is 196 g/mol. The van der Waals surface area contributed by atoms with Gasteiger partial charge in [0, 0.05) is 0 Å². The van der Waals surface area contributed by atoms with Gasteiger partial charge in [0.15, 0.2) is 5.78 Å². The summed E-state index contributed by atoms with van der Waals surface area (Å²) in [5.41, 5.74) is 2.09. The zero-order chi connectivity index (χ0) is 11.7. The average Bonchev–Trinajstić information content (AvgIpc) is 1.79. The van der Waals surface area contributed by atoms with E-state index < -0.39 is 0 Å². The number of hydrogen-bond acceptors (Lipinski definition) is 2. The number of ketones is 2. The smallest absolute Gasteiger partial charge is 0.178 e. The zero-order valence-corrected chi connectivity index (χ0v) is 9.97. The Balaban J connectivity index is 0. The highest BCUT2D eigenvalue weighted by atomic mass is 16.1. The zero-order valence-electron chi connectivity index (χ0n) is 9.97. The Bertz CT molecular complexity index is 225. The van der Waals surface area contributed by atoms with Gasteiger partial charge in [-0.05, 0) is 53.7 Å². The Morgan fingerprint density at radius 2 is 0.929 bits per heavy atom. The van der Waals surface area contributed by atoms with Gasteiger partial charge in [0.2, 0.25) is 0 Å². The van der Waals surface area contributed by atoms with E-state index in [4.69, 9.17) is 0 Å². The lowest BCUT2D eigenvalue weighted by Crippen LogP contribution is -1.87. The molecule has 0 aromatic carbocycles. The van der Waals surface area contributed by atoms with Crippen molar-refractivity contribution in [2.45, 2.75) is 41.5 Å². The summed E-state index contributed by atoms with van der Waals surface area (Å²) in [7, 11) is 0. The molecule has 0 saturated heterocycles. The molecule has 0 aliphatic heterocycles. The summed E-state index contributed by atoms with van der Waals surface area (Å²) in [6.07, 6.45) is 3.26. The first kappa shape index (κ1) is 15.3. The van der Waals surface area contributed by atoms with Gasteiger partial charge in [0.05, 0.1) is 0 Å². The molecule has 0 heterocycles. The van der Waals surface area contributed by atoms with E-state index in [1.54, 1.807) is 12.2 Å². The normalized spacial score (nSPS) is 7.86. The predicted molar refractivity (Wildman–Crippen MR) is 60.2 cm³/mol. The Labute approximate surface area is 86.7 Å². The minimum absolute atomic E-state index is 0.0833. The van der Waals surface area contributed by atoms with Crippen molar-refractivity contribution in [3.8, 4) is 0 Å². The van der Waals surface area contributed by atoms with Crippen LogP contribution in [0, 0.1) is 0 Å². The van der Waals surface area contributed by atoms with Gasteiger partial charge >= 0.3 is 0 Å². The topological polar surface area (TPSA) is 34.1 Å². The summed E-state index contributed by atoms with van der Waals surface area (Å²) in [6.45, 7) is 10.7. The fourth-order valence-electron chi connectivity index (χ4n) is 0.611. The number of Topliss-reactive ketones (excluding diaryl/α,β-unsaturated/α-hetero) is 1. The van der Waals surface area contributed by atoms with Crippen LogP contribution in [0.2, 0.25) is 0 Å². The van der Waals surface area contributed by atoms with E-state index in [2.05, 4.69) is 0 Å². The Morgan fingerprint density at radius 1 is 0.714 bits per heavy atom. The van der Waals surface area contributed by atoms with Crippen LogP contribution in [-0.2, 0) is 9.59 Å². The van der Waals surface area contributed by atoms with Crippen LogP contribution in [0.25, 0.3) is 0 Å². The summed E-state index contributed by atoms with van der Waals surface area (Å²) in [4.78, 5) is 20.4. The fraction of sp³-hybridized carbons (Fsp3) is 0.500. The lowest BCUT2D eigenvalue weighted by molar-refractivity contribution is -0.115. The molecule has 0 saturated carbocycles. The predicted octanol–water partition coefficient (Wildman–Crippen LogP) is 3.08. The number of carbonyl (C=O) groups excluding carboxylic acids is 2. The maximum Gasteiger partial charge on any atom is 0.178 e. The van der Waals surface area contributed by atoms with Gasteiger partial charge in [-0.1, -0.05) is 11.1 Å². The van der Waals surface area contributed by atoms with Gasteiger partial charge in [-0.15, -0.1) is 0 Å². The van der Waals surface area contributed by atoms with Gasteiger partial charge in [0.25, 0.3) is 0 Å². The second-order valence-corrected chi connectivity index (χ2v) is 3.75. The maximum absolute atomic E-state index is 10.9. The van der Waals surface area contributed by atoms with E-state index in [1.807, 2.05) is 27.7 Å². The summed E-state index contributed by atoms with van der Waals surface area (Å²) < 4.78 is 0. The Morgan fingerprint density at radius 3 is 1.07 bits per heavy atom. The standard InChI is InChI=1S/C9H14O.C3H6O/c1-7(2)5-9(10)6-8(3)4;1-3(2)4/h5-6H,1-4H3;1-2H3. The van der Waals surface area contributed by atoms with E-state index in [-0.39, 0.29) is 11.6 Å². The minimum Gasteiger partial charge on any atom is -0.300 e. The maximum atomic E-state index is 10.9. The van der Waals surface area contributed by atoms with Crippen LogP contribution in [0.3, 0.4) is 0 Å². The molecule has 0 bridgehead atoms. The summed E-state index contributed by atoms with van der Waals surface area (Å²) in [5.74, 6) is 0.250. The molecule has 0 rings (SSSR count). The Kier molecular flexibility index (Phi) is 9.20. The van der Waals surface area contributed by atoms with Crippen molar-refractivity contribution in [3.05, 3.63) is 23.3 Å². The molecule has 0 aromatic rings. The largest absolute Gasteiger partial charge is 0.300 e. The van der Waals surface area contributed by atoms with E-state index in [0.29, 0.717) is 0 Å². The molecule has 0 unspecified atom stereocenters. The molecule has 2 heteroatoms. The number of rotatable bonds is 2. The van der Waals surface area contributed by atoms with Crippen LogP contribution in [0.5, 0.6) is 0 Å². The molecule has 0 aliphatic rings. The molecule has 0 radical (unpaired) electrons. The van der Waals surface area contributed by atoms with Crippen LogP contribution in [0.1, 0.15) is 41.5 Å². The number of allylic oxidation sites excluding steroid dienone is 4. The number of hydrogen-bond donors (Lipinski definition) is 0. The summed E-state index contributed by atoms with van der Waals surface area (Å²) >= 11 is 0. The van der Waals surface area contributed by atoms with Crippen molar-refractivity contribution < 1.29 is 9.59 Å². The molecule has 0 amide bonds. The Hall–Kier alpha value is -1.18. The highest BCUT2D eigenvalue weighted by Crippen LogP contribution is 1.94. The summed E-state index contributed by atoms with van der Waals surface area (Å²) in [5, 5.41) is 0. The van der Waals surface area contributed by atoms with Gasteiger partial charge in [-0.25, -0.2) is 0 Å². The van der Waals surface area contributed by atoms with Crippen molar-refractivity contribution >= 4 is 11.6 Å². The molecule has 0 aromatic heterocycles. The van der Waals surface area contributed by atoms with E-state index >= 15 is 0 Å². The third kappa shape index (κ3) is 22.4. The third-order valence-corrected chi connectivity index (χ3v) is 0.862. The lowest BCUT2D eigenvalue weighted by atomic mass is 10.2. The first-order valence-electron chi connectivity index (χ1n) is 4.56. The highest BCUT2D eigenvalue weighted by molar-refractivity contribution is 5.99. The molecule has 0 aliphatic carbocycles. The van der Waals surface area contributed by atoms with Gasteiger partial charge in [-0.3, -0.25) is 4.79 Å². The molecule has 2 nitrogen and oxygen atoms in total. The molecular weight excluding hydrogens is 176 g/mol. The second-order valence-electron chi connectivity index (χ2n) is 3.75. The first-order chi connectivity index (χ1) is 6.25. The number of carbonyl (C=O) groups is 2. The van der Waals surface area contributed by atoms with E-state index in [1.165, 1.54) is 13.8 Å². The molecule has 0 N–H and O–H groups in total. The van der Waals surface area contributed by atoms with Crippen LogP contribution in [0.4, 0.5) is 0 Å². The monoisotopic (exact) mass is 196 g/mol. The van der Waals surface area contributed by atoms with E-state index in [9.17, 15) is 9.59 Å². The van der Waals surface area contributed by atoms with Crippen LogP contribution < -0.4 is 0 Å². The van der Waals surface area contributed by atoms with Crippen molar-refractivity contribution in [1.29, 1.82) is 0 Å². The first-order valence-corrected chi connectivity index (χ1v) is 4.56. The van der Waals surface area contributed by atoms with Crippen LogP contribution in [-0.4, -0.2) is 11.6 Å². The summed E-state index contributed by atoms with van der Waals surface area (Å²) in [6, 6.07) is 0. The quantitative estimate of drug-likeness (QED) is 0.636. The van der Waals surface area contributed by atoms with Crippen molar-refractivity contribution in [1.82, 2.24) is 0 Å². The minimum atomic E-state index is 0.0833. The lowest BCUT2D eigenvalue weighted by Gasteiger charge is -1.87. The van der Waals surface area contributed by atoms with Crippen LogP contribution in [0.15, 0.2) is 23.3 Å². The molecule has 14 heavy (non-hydrogen) atoms. The van der Waals surface area contributed by atoms with Gasteiger partial charge in [-0.2, -0.15) is 0 Å². The van der Waals surface area contributed by atoms with Crippen molar-refractivity contribution in [2.75, 3.05) is 0 Å². The van der Waals surface area contributed by atoms with Crippen molar-refractivity contribution in [3.63, 3.8) is 0 Å². The van der Waals surface area contributed by atoms with Gasteiger partial charge < -0.3 is 4.79 Å².